The van der Waals surface area contributed by atoms with E-state index in [1.54, 1.807) is 31.4 Å². The lowest BCUT2D eigenvalue weighted by Crippen LogP contribution is -2.40. The van der Waals surface area contributed by atoms with Crippen LogP contribution in [0.5, 0.6) is 0 Å². The van der Waals surface area contributed by atoms with Gasteiger partial charge in [-0.3, -0.25) is 19.6 Å². The summed E-state index contributed by atoms with van der Waals surface area (Å²) in [5.74, 6) is -0.328. The van der Waals surface area contributed by atoms with Crippen LogP contribution < -0.4 is 5.32 Å². The van der Waals surface area contributed by atoms with E-state index in [2.05, 4.69) is 16.4 Å². The maximum absolute atomic E-state index is 13.2. The minimum absolute atomic E-state index is 0.0492. The van der Waals surface area contributed by atoms with Gasteiger partial charge in [-0.1, -0.05) is 18.2 Å². The number of pyridine rings is 2. The van der Waals surface area contributed by atoms with Gasteiger partial charge in [0.15, 0.2) is 0 Å². The number of benzene rings is 1. The SMILES string of the molecule is CNC(=O)c1ccc(-c2cc(C)nc(C3CCCN(C(=O)Cc4ccc(F)cc4)C3)c2)cn1. The Bertz CT molecular complexity index is 1150. The van der Waals surface area contributed by atoms with Crippen LogP contribution in [0.1, 0.15) is 46.2 Å². The van der Waals surface area contributed by atoms with Crippen LogP contribution in [-0.2, 0) is 11.2 Å². The summed E-state index contributed by atoms with van der Waals surface area (Å²) < 4.78 is 13.2. The number of likely N-dealkylation sites (tertiary alicyclic amines) is 1. The second-order valence-electron chi connectivity index (χ2n) is 8.42. The molecule has 0 bridgehead atoms. The number of halogens is 1. The summed E-state index contributed by atoms with van der Waals surface area (Å²) in [5, 5.41) is 2.57. The predicted octanol–water partition coefficient (Wildman–Crippen LogP) is 3.90. The second kappa shape index (κ2) is 9.90. The molecular formula is C26H27FN4O2. The number of carbonyl (C=O) groups is 2. The highest BCUT2D eigenvalue weighted by molar-refractivity contribution is 5.92. The van der Waals surface area contributed by atoms with Crippen molar-refractivity contribution < 1.29 is 14.0 Å². The summed E-state index contributed by atoms with van der Waals surface area (Å²) in [5.41, 5.74) is 4.94. The van der Waals surface area contributed by atoms with E-state index in [-0.39, 0.29) is 30.0 Å². The number of hydrogen-bond acceptors (Lipinski definition) is 4. The average molecular weight is 447 g/mol. The highest BCUT2D eigenvalue weighted by Crippen LogP contribution is 2.30. The van der Waals surface area contributed by atoms with Crippen LogP contribution in [0.3, 0.4) is 0 Å². The van der Waals surface area contributed by atoms with Crippen molar-refractivity contribution in [2.45, 2.75) is 32.1 Å². The molecule has 2 aromatic heterocycles. The van der Waals surface area contributed by atoms with E-state index in [4.69, 9.17) is 4.98 Å². The summed E-state index contributed by atoms with van der Waals surface area (Å²) >= 11 is 0. The summed E-state index contributed by atoms with van der Waals surface area (Å²) in [4.78, 5) is 35.6. The standard InChI is InChI=1S/C26H27FN4O2/c1-17-12-21(19-7-10-23(29-15-19)26(33)28-2)14-24(30-17)20-4-3-11-31(16-20)25(32)13-18-5-8-22(27)9-6-18/h5-10,12,14-15,20H,3-4,11,13,16H2,1-2H3,(H,28,33). The van der Waals surface area contributed by atoms with Gasteiger partial charge in [0.1, 0.15) is 11.5 Å². The lowest BCUT2D eigenvalue weighted by Gasteiger charge is -2.33. The molecule has 1 fully saturated rings. The number of nitrogens with zero attached hydrogens (tertiary/aromatic N) is 3. The number of aryl methyl sites for hydroxylation is 1. The van der Waals surface area contributed by atoms with E-state index >= 15 is 0 Å². The van der Waals surface area contributed by atoms with Crippen molar-refractivity contribution in [2.75, 3.05) is 20.1 Å². The lowest BCUT2D eigenvalue weighted by atomic mass is 9.92. The molecule has 0 radical (unpaired) electrons. The summed E-state index contributed by atoms with van der Waals surface area (Å²) in [6, 6.07) is 13.7. The molecule has 3 heterocycles. The molecule has 7 heteroatoms. The third-order valence-corrected chi connectivity index (χ3v) is 5.99. The Morgan fingerprint density at radius 1 is 1.12 bits per heavy atom. The Kier molecular flexibility index (Phi) is 6.77. The molecule has 33 heavy (non-hydrogen) atoms. The average Bonchev–Trinajstić information content (AvgIpc) is 2.84. The first-order chi connectivity index (χ1) is 15.9. The molecule has 170 valence electrons. The van der Waals surface area contributed by atoms with E-state index < -0.39 is 0 Å². The summed E-state index contributed by atoms with van der Waals surface area (Å²) in [6.07, 6.45) is 3.84. The number of piperidine rings is 1. The molecule has 1 aromatic carbocycles. The van der Waals surface area contributed by atoms with Crippen LogP contribution in [0.15, 0.2) is 54.7 Å². The zero-order chi connectivity index (χ0) is 23.4. The molecule has 1 aliphatic heterocycles. The Labute approximate surface area is 192 Å². The normalized spacial score (nSPS) is 15.8. The topological polar surface area (TPSA) is 75.2 Å². The smallest absolute Gasteiger partial charge is 0.269 e. The van der Waals surface area contributed by atoms with Crippen molar-refractivity contribution in [3.05, 3.63) is 83.2 Å². The molecule has 4 rings (SSSR count). The van der Waals surface area contributed by atoms with E-state index in [9.17, 15) is 14.0 Å². The lowest BCUT2D eigenvalue weighted by molar-refractivity contribution is -0.131. The number of carbonyl (C=O) groups excluding carboxylic acids is 2. The second-order valence-corrected chi connectivity index (χ2v) is 8.42. The molecule has 1 saturated heterocycles. The van der Waals surface area contributed by atoms with Crippen molar-refractivity contribution in [1.29, 1.82) is 0 Å². The summed E-state index contributed by atoms with van der Waals surface area (Å²) in [7, 11) is 1.58. The van der Waals surface area contributed by atoms with Crippen molar-refractivity contribution in [3.63, 3.8) is 0 Å². The molecule has 3 aromatic rings. The maximum atomic E-state index is 13.2. The number of aromatic nitrogens is 2. The minimum Gasteiger partial charge on any atom is -0.354 e. The Balaban J connectivity index is 1.50. The Morgan fingerprint density at radius 3 is 2.61 bits per heavy atom. The molecule has 1 unspecified atom stereocenters. The van der Waals surface area contributed by atoms with Crippen LogP contribution in [0, 0.1) is 12.7 Å². The van der Waals surface area contributed by atoms with Crippen molar-refractivity contribution in [1.82, 2.24) is 20.2 Å². The predicted molar refractivity (Wildman–Crippen MR) is 124 cm³/mol. The molecule has 2 amide bonds. The number of rotatable bonds is 5. The first-order valence-electron chi connectivity index (χ1n) is 11.1. The fourth-order valence-electron chi connectivity index (χ4n) is 4.23. The maximum Gasteiger partial charge on any atom is 0.269 e. The van der Waals surface area contributed by atoms with Crippen LogP contribution in [-0.4, -0.2) is 46.8 Å². The van der Waals surface area contributed by atoms with E-state index in [1.165, 1.54) is 12.1 Å². The van der Waals surface area contributed by atoms with Gasteiger partial charge in [0.2, 0.25) is 5.91 Å². The van der Waals surface area contributed by atoms with Crippen molar-refractivity contribution in [2.24, 2.45) is 0 Å². The van der Waals surface area contributed by atoms with Gasteiger partial charge in [0.05, 0.1) is 6.42 Å². The molecule has 0 spiro atoms. The van der Waals surface area contributed by atoms with E-state index in [0.717, 1.165) is 47.5 Å². The Hall–Kier alpha value is -3.61. The molecule has 0 aliphatic carbocycles. The minimum atomic E-state index is -0.302. The van der Waals surface area contributed by atoms with Crippen LogP contribution in [0.4, 0.5) is 4.39 Å². The molecule has 6 nitrogen and oxygen atoms in total. The van der Waals surface area contributed by atoms with Gasteiger partial charge in [-0.25, -0.2) is 4.39 Å². The molecular weight excluding hydrogens is 419 g/mol. The van der Waals surface area contributed by atoms with Crippen LogP contribution in [0.25, 0.3) is 11.1 Å². The first kappa shape index (κ1) is 22.6. The number of nitrogens with one attached hydrogen (secondary N) is 1. The summed E-state index contributed by atoms with van der Waals surface area (Å²) in [6.45, 7) is 3.30. The van der Waals surface area contributed by atoms with Crippen molar-refractivity contribution >= 4 is 11.8 Å². The fraction of sp³-hybridized carbons (Fsp3) is 0.308. The monoisotopic (exact) mass is 446 g/mol. The van der Waals surface area contributed by atoms with Gasteiger partial charge in [-0.15, -0.1) is 0 Å². The molecule has 1 aliphatic rings. The van der Waals surface area contributed by atoms with Gasteiger partial charge in [-0.05, 0) is 61.2 Å². The molecule has 1 N–H and O–H groups in total. The van der Waals surface area contributed by atoms with Gasteiger partial charge in [-0.2, -0.15) is 0 Å². The Morgan fingerprint density at radius 2 is 1.91 bits per heavy atom. The van der Waals surface area contributed by atoms with Gasteiger partial charge in [0, 0.05) is 49.2 Å². The van der Waals surface area contributed by atoms with Gasteiger partial charge < -0.3 is 10.2 Å². The van der Waals surface area contributed by atoms with E-state index in [0.29, 0.717) is 12.2 Å². The molecule has 0 saturated carbocycles. The third kappa shape index (κ3) is 5.42. The van der Waals surface area contributed by atoms with Gasteiger partial charge >= 0.3 is 0 Å². The third-order valence-electron chi connectivity index (χ3n) is 5.99. The van der Waals surface area contributed by atoms with Gasteiger partial charge in [0.25, 0.3) is 5.91 Å². The highest BCUT2D eigenvalue weighted by atomic mass is 19.1. The quantitative estimate of drug-likeness (QED) is 0.645. The number of amides is 2. The molecule has 1 atom stereocenters. The van der Waals surface area contributed by atoms with Crippen LogP contribution >= 0.6 is 0 Å². The number of hydrogen-bond donors (Lipinski definition) is 1. The zero-order valence-electron chi connectivity index (χ0n) is 18.8. The largest absolute Gasteiger partial charge is 0.354 e. The van der Waals surface area contributed by atoms with E-state index in [1.807, 2.05) is 24.0 Å². The fourth-order valence-corrected chi connectivity index (χ4v) is 4.23. The van der Waals surface area contributed by atoms with Crippen molar-refractivity contribution in [3.8, 4) is 11.1 Å². The highest BCUT2D eigenvalue weighted by Gasteiger charge is 2.26. The zero-order valence-corrected chi connectivity index (χ0v) is 18.8. The first-order valence-corrected chi connectivity index (χ1v) is 11.1. The van der Waals surface area contributed by atoms with Crippen LogP contribution in [0.2, 0.25) is 0 Å².